The van der Waals surface area contributed by atoms with Crippen molar-refractivity contribution in [1.82, 2.24) is 14.7 Å². The molecule has 8 heteroatoms. The Morgan fingerprint density at radius 3 is 2.35 bits per heavy atom. The number of carbonyl (C=O) groups is 1. The quantitative estimate of drug-likeness (QED) is 0.421. The molecule has 0 spiro atoms. The third-order valence-electron chi connectivity index (χ3n) is 6.94. The van der Waals surface area contributed by atoms with Gasteiger partial charge in [0.05, 0.1) is 16.2 Å². The van der Waals surface area contributed by atoms with Crippen LogP contribution in [-0.4, -0.2) is 37.4 Å². The average Bonchev–Trinajstić information content (AvgIpc) is 2.89. The number of rotatable bonds is 9. The summed E-state index contributed by atoms with van der Waals surface area (Å²) in [5, 5.41) is 0. The Kier molecular flexibility index (Phi) is 8.59. The van der Waals surface area contributed by atoms with Crippen LogP contribution in [0.15, 0.2) is 65.7 Å². The average molecular weight is 521 g/mol. The van der Waals surface area contributed by atoms with Crippen molar-refractivity contribution in [3.63, 3.8) is 0 Å². The van der Waals surface area contributed by atoms with E-state index in [2.05, 4.69) is 38.9 Å². The van der Waals surface area contributed by atoms with Gasteiger partial charge in [0.1, 0.15) is 0 Å². The van der Waals surface area contributed by atoms with Gasteiger partial charge in [-0.25, -0.2) is 23.1 Å². The van der Waals surface area contributed by atoms with Gasteiger partial charge in [0.25, 0.3) is 15.9 Å². The fourth-order valence-corrected chi connectivity index (χ4v) is 5.69. The van der Waals surface area contributed by atoms with Crippen molar-refractivity contribution in [1.29, 1.82) is 0 Å². The van der Waals surface area contributed by atoms with Crippen molar-refractivity contribution < 1.29 is 13.2 Å². The lowest BCUT2D eigenvalue weighted by atomic mass is 9.90. The monoisotopic (exact) mass is 520 g/mol. The van der Waals surface area contributed by atoms with Crippen LogP contribution in [0.2, 0.25) is 0 Å². The van der Waals surface area contributed by atoms with Crippen LogP contribution >= 0.6 is 0 Å². The van der Waals surface area contributed by atoms with Crippen molar-refractivity contribution in [3.8, 4) is 0 Å². The Balaban J connectivity index is 1.44. The molecule has 0 bridgehead atoms. The van der Waals surface area contributed by atoms with Crippen LogP contribution in [0.4, 0.5) is 5.95 Å². The molecule has 1 amide bonds. The molecule has 3 aromatic rings. The van der Waals surface area contributed by atoms with Gasteiger partial charge in [0.15, 0.2) is 0 Å². The van der Waals surface area contributed by atoms with Crippen molar-refractivity contribution in [2.24, 2.45) is 5.92 Å². The highest BCUT2D eigenvalue weighted by Crippen LogP contribution is 2.25. The Morgan fingerprint density at radius 1 is 1.05 bits per heavy atom. The third-order valence-corrected chi connectivity index (χ3v) is 8.28. The molecule has 0 aliphatic carbocycles. The zero-order valence-electron chi connectivity index (χ0n) is 21.9. The lowest BCUT2D eigenvalue weighted by Crippen LogP contribution is -2.36. The molecular weight excluding hydrogens is 484 g/mol. The summed E-state index contributed by atoms with van der Waals surface area (Å²) in [6.07, 6.45) is 5.99. The normalized spacial score (nSPS) is 14.6. The summed E-state index contributed by atoms with van der Waals surface area (Å²) in [6, 6.07) is 17.2. The SMILES string of the molecule is CCCc1nc(N2CCC(Cc3ccccc3)CC2)ncc1C(=O)NS(=O)(=O)c1ccc(C(C)C)cc1. The van der Waals surface area contributed by atoms with Crippen LogP contribution in [0, 0.1) is 5.92 Å². The summed E-state index contributed by atoms with van der Waals surface area (Å²) in [6.45, 7) is 7.80. The van der Waals surface area contributed by atoms with E-state index in [1.807, 2.05) is 26.8 Å². The van der Waals surface area contributed by atoms with E-state index < -0.39 is 15.9 Å². The first-order valence-electron chi connectivity index (χ1n) is 13.1. The standard InChI is InChI=1S/C29H36N4O3S/c1-4-8-27-26(28(34)32-37(35,36)25-13-11-24(12-14-25)21(2)3)20-30-29(31-27)33-17-15-23(16-18-33)19-22-9-6-5-7-10-22/h5-7,9-14,20-21,23H,4,8,15-19H2,1-3H3,(H,32,34). The van der Waals surface area contributed by atoms with Gasteiger partial charge in [-0.05, 0) is 60.8 Å². The number of amides is 1. The maximum atomic E-state index is 13.0. The van der Waals surface area contributed by atoms with Gasteiger partial charge in [-0.15, -0.1) is 0 Å². The number of anilines is 1. The summed E-state index contributed by atoms with van der Waals surface area (Å²) in [4.78, 5) is 24.4. The Hall–Kier alpha value is -3.26. The highest BCUT2D eigenvalue weighted by atomic mass is 32.2. The largest absolute Gasteiger partial charge is 0.341 e. The van der Waals surface area contributed by atoms with Crippen molar-refractivity contribution in [2.45, 2.75) is 63.7 Å². The van der Waals surface area contributed by atoms with Gasteiger partial charge in [-0.1, -0.05) is 69.7 Å². The van der Waals surface area contributed by atoms with Crippen LogP contribution in [0.3, 0.4) is 0 Å². The van der Waals surface area contributed by atoms with Crippen molar-refractivity contribution in [2.75, 3.05) is 18.0 Å². The molecule has 1 aromatic heterocycles. The summed E-state index contributed by atoms with van der Waals surface area (Å²) in [7, 11) is -4.01. The number of aryl methyl sites for hydroxylation is 1. The molecule has 1 N–H and O–H groups in total. The number of benzene rings is 2. The summed E-state index contributed by atoms with van der Waals surface area (Å²) >= 11 is 0. The van der Waals surface area contributed by atoms with Crippen LogP contribution in [0.1, 0.15) is 73.1 Å². The Labute approximate surface area is 220 Å². The van der Waals surface area contributed by atoms with Crippen LogP contribution < -0.4 is 9.62 Å². The van der Waals surface area contributed by atoms with E-state index in [1.54, 1.807) is 12.1 Å². The number of nitrogens with one attached hydrogen (secondary N) is 1. The molecule has 1 fully saturated rings. The molecule has 0 atom stereocenters. The molecule has 2 heterocycles. The second-order valence-corrected chi connectivity index (χ2v) is 11.7. The van der Waals surface area contributed by atoms with Gasteiger partial charge >= 0.3 is 0 Å². The van der Waals surface area contributed by atoms with Crippen molar-refractivity contribution >= 4 is 21.9 Å². The molecule has 1 aliphatic rings. The maximum Gasteiger partial charge on any atom is 0.268 e. The number of sulfonamides is 1. The molecular formula is C29H36N4O3S. The minimum atomic E-state index is -4.01. The zero-order chi connectivity index (χ0) is 26.4. The molecule has 1 saturated heterocycles. The number of aromatic nitrogens is 2. The van der Waals surface area contributed by atoms with E-state index in [1.165, 1.54) is 23.9 Å². The molecule has 0 radical (unpaired) electrons. The first-order chi connectivity index (χ1) is 17.8. The Morgan fingerprint density at radius 2 is 1.73 bits per heavy atom. The summed E-state index contributed by atoms with van der Waals surface area (Å²) in [5.41, 5.74) is 3.17. The molecule has 1 aliphatic heterocycles. The second-order valence-electron chi connectivity index (χ2n) is 10.1. The second kappa shape index (κ2) is 11.9. The summed E-state index contributed by atoms with van der Waals surface area (Å²) < 4.78 is 27.9. The minimum absolute atomic E-state index is 0.0539. The maximum absolute atomic E-state index is 13.0. The molecule has 0 unspecified atom stereocenters. The van der Waals surface area contributed by atoms with Crippen LogP contribution in [0.25, 0.3) is 0 Å². The smallest absolute Gasteiger partial charge is 0.268 e. The van der Waals surface area contributed by atoms with E-state index >= 15 is 0 Å². The van der Waals surface area contributed by atoms with E-state index in [-0.39, 0.29) is 16.4 Å². The van der Waals surface area contributed by atoms with Gasteiger partial charge < -0.3 is 4.90 Å². The van der Waals surface area contributed by atoms with Crippen LogP contribution in [0.5, 0.6) is 0 Å². The number of carbonyl (C=O) groups excluding carboxylic acids is 1. The predicted molar refractivity (Wildman–Crippen MR) is 146 cm³/mol. The van der Waals surface area contributed by atoms with E-state index in [9.17, 15) is 13.2 Å². The molecule has 4 rings (SSSR count). The molecule has 7 nitrogen and oxygen atoms in total. The van der Waals surface area contributed by atoms with Gasteiger partial charge in [0.2, 0.25) is 5.95 Å². The molecule has 37 heavy (non-hydrogen) atoms. The fourth-order valence-electron chi connectivity index (χ4n) is 4.73. The number of piperidine rings is 1. The third kappa shape index (κ3) is 6.74. The van der Waals surface area contributed by atoms with E-state index in [4.69, 9.17) is 4.98 Å². The highest BCUT2D eigenvalue weighted by Gasteiger charge is 2.25. The number of nitrogens with zero attached hydrogens (tertiary/aromatic N) is 3. The molecule has 0 saturated carbocycles. The predicted octanol–water partition coefficient (Wildman–Crippen LogP) is 5.13. The minimum Gasteiger partial charge on any atom is -0.341 e. The van der Waals surface area contributed by atoms with Gasteiger partial charge in [0, 0.05) is 19.3 Å². The van der Waals surface area contributed by atoms with E-state index in [0.717, 1.165) is 44.3 Å². The first kappa shape index (κ1) is 26.8. The molecule has 196 valence electrons. The number of hydrogen-bond donors (Lipinski definition) is 1. The number of hydrogen-bond acceptors (Lipinski definition) is 6. The lowest BCUT2D eigenvalue weighted by Gasteiger charge is -2.32. The van der Waals surface area contributed by atoms with Crippen LogP contribution in [-0.2, 0) is 22.9 Å². The highest BCUT2D eigenvalue weighted by molar-refractivity contribution is 7.90. The first-order valence-corrected chi connectivity index (χ1v) is 14.6. The van der Waals surface area contributed by atoms with Crippen molar-refractivity contribution in [3.05, 3.63) is 83.2 Å². The van der Waals surface area contributed by atoms with E-state index in [0.29, 0.717) is 24.0 Å². The molecule has 2 aromatic carbocycles. The topological polar surface area (TPSA) is 92.3 Å². The zero-order valence-corrected chi connectivity index (χ0v) is 22.7. The lowest BCUT2D eigenvalue weighted by molar-refractivity contribution is 0.0979. The summed E-state index contributed by atoms with van der Waals surface area (Å²) in [5.74, 6) is 0.807. The fraction of sp³-hybridized carbons (Fsp3) is 0.414. The van der Waals surface area contributed by atoms with Gasteiger partial charge in [-0.3, -0.25) is 4.79 Å². The Bertz CT molecular complexity index is 1300. The van der Waals surface area contributed by atoms with Gasteiger partial charge in [-0.2, -0.15) is 0 Å².